The third kappa shape index (κ3) is 17.9. The van der Waals surface area contributed by atoms with E-state index in [1.807, 2.05) is 75.6 Å². The maximum absolute atomic E-state index is 14.5. The fourth-order valence-corrected chi connectivity index (χ4v) is 13.9. The van der Waals surface area contributed by atoms with Crippen molar-refractivity contribution in [1.29, 1.82) is 0 Å². The van der Waals surface area contributed by atoms with Gasteiger partial charge in [0.25, 0.3) is 0 Å². The summed E-state index contributed by atoms with van der Waals surface area (Å²) in [6.07, 6.45) is 20.8. The molecule has 586 valence electrons. The van der Waals surface area contributed by atoms with Crippen molar-refractivity contribution in [1.82, 2.24) is 98.2 Å². The summed E-state index contributed by atoms with van der Waals surface area (Å²) in [5, 5.41) is 33.7. The molecule has 0 fully saturated rings. The van der Waals surface area contributed by atoms with Gasteiger partial charge in [-0.15, -0.1) is 40.8 Å². The van der Waals surface area contributed by atoms with Crippen LogP contribution in [-0.2, 0) is 57.9 Å². The van der Waals surface area contributed by atoms with Gasteiger partial charge < -0.3 is 39.1 Å². The number of aryl methyl sites for hydroxylation is 9. The van der Waals surface area contributed by atoms with E-state index in [4.69, 9.17) is 34.2 Å². The lowest BCUT2D eigenvalue weighted by molar-refractivity contribution is 0.392. The van der Waals surface area contributed by atoms with E-state index in [0.29, 0.717) is 107 Å². The second-order valence-electron chi connectivity index (χ2n) is 27.2. The van der Waals surface area contributed by atoms with Gasteiger partial charge in [-0.3, -0.25) is 22.6 Å². The van der Waals surface area contributed by atoms with E-state index >= 15 is 0 Å². The highest BCUT2D eigenvalue weighted by atomic mass is 19.1. The molecule has 13 aromatic heterocycles. The number of pyridine rings is 7. The van der Waals surface area contributed by atoms with Crippen LogP contribution in [0.4, 0.5) is 14.5 Å². The Morgan fingerprint density at radius 2 is 0.843 bits per heavy atom. The zero-order valence-electron chi connectivity index (χ0n) is 66.0. The topological polar surface area (TPSA) is 296 Å². The molecular formula is C86H87F2N21O6. The minimum absolute atomic E-state index is 0.259. The molecule has 16 rings (SSSR count). The molecule has 0 bridgehead atoms. The van der Waals surface area contributed by atoms with Crippen LogP contribution >= 0.6 is 0 Å². The number of halogens is 2. The second-order valence-corrected chi connectivity index (χ2v) is 27.2. The first-order valence-electron chi connectivity index (χ1n) is 37.1. The smallest absolute Gasteiger partial charge is 0.224 e. The largest absolute Gasteiger partial charge is 0.496 e. The molecule has 13 heterocycles. The van der Waals surface area contributed by atoms with Crippen LogP contribution in [0.25, 0.3) is 67.1 Å². The van der Waals surface area contributed by atoms with Crippen LogP contribution < -0.4 is 34.2 Å². The van der Waals surface area contributed by atoms with Gasteiger partial charge in [-0.1, -0.05) is 42.5 Å². The van der Waals surface area contributed by atoms with Crippen LogP contribution in [0.15, 0.2) is 190 Å². The van der Waals surface area contributed by atoms with Crippen molar-refractivity contribution in [2.45, 2.75) is 85.6 Å². The summed E-state index contributed by atoms with van der Waals surface area (Å²) < 4.78 is 68.9. The molecule has 0 amide bonds. The highest BCUT2D eigenvalue weighted by Crippen LogP contribution is 2.36. The molecule has 3 aromatic carbocycles. The van der Waals surface area contributed by atoms with E-state index in [0.717, 1.165) is 127 Å². The zero-order valence-corrected chi connectivity index (χ0v) is 66.0. The monoisotopic (exact) mass is 1550 g/mol. The zero-order chi connectivity index (χ0) is 80.7. The molecule has 0 saturated heterocycles. The number of nitrogens with two attached hydrogens (primary N) is 1. The molecule has 27 nitrogen and oxygen atoms in total. The van der Waals surface area contributed by atoms with Crippen molar-refractivity contribution in [3.05, 3.63) is 275 Å². The lowest BCUT2D eigenvalue weighted by Crippen LogP contribution is -2.10. The summed E-state index contributed by atoms with van der Waals surface area (Å²) in [6, 6.07) is 42.9. The molecule has 0 atom stereocenters. The minimum atomic E-state index is -0.275. The number of methoxy groups -OCH3 is 6. The number of aromatic nitrogens is 19. The average Bonchev–Trinajstić information content (AvgIpc) is 1.73. The number of benzene rings is 3. The molecule has 0 radical (unpaired) electrons. The molecule has 16 aromatic rings. The van der Waals surface area contributed by atoms with Crippen molar-refractivity contribution in [2.75, 3.05) is 62.5 Å². The van der Waals surface area contributed by atoms with Gasteiger partial charge in [-0.05, 0) is 201 Å². The fourth-order valence-electron chi connectivity index (χ4n) is 13.9. The Hall–Kier alpha value is -13.8. The lowest BCUT2D eigenvalue weighted by atomic mass is 10.0. The van der Waals surface area contributed by atoms with E-state index in [1.54, 1.807) is 131 Å². The molecule has 0 unspecified atom stereocenters. The van der Waals surface area contributed by atoms with Crippen molar-refractivity contribution >= 4 is 28.3 Å². The van der Waals surface area contributed by atoms with E-state index in [-0.39, 0.29) is 11.6 Å². The first kappa shape index (κ1) is 79.3. The third-order valence-electron chi connectivity index (χ3n) is 19.6. The molecule has 2 N–H and O–H groups in total. The summed E-state index contributed by atoms with van der Waals surface area (Å²) in [4.78, 5) is 32.3. The van der Waals surface area contributed by atoms with Crippen molar-refractivity contribution in [3.8, 4) is 79.5 Å². The van der Waals surface area contributed by atoms with Crippen LogP contribution in [0.2, 0.25) is 0 Å². The van der Waals surface area contributed by atoms with Crippen molar-refractivity contribution in [3.63, 3.8) is 0 Å². The first-order chi connectivity index (χ1) is 56.0. The Morgan fingerprint density at radius 3 is 1.35 bits per heavy atom. The van der Waals surface area contributed by atoms with Gasteiger partial charge in [0, 0.05) is 122 Å². The molecule has 0 aliphatic carbocycles. The lowest BCUT2D eigenvalue weighted by Gasteiger charge is -2.13. The van der Waals surface area contributed by atoms with Gasteiger partial charge in [-0.2, -0.15) is 9.97 Å². The molecule has 29 heteroatoms. The number of anilines is 1. The van der Waals surface area contributed by atoms with Crippen LogP contribution in [0.3, 0.4) is 0 Å². The SMILES string of the molecule is COc1cc(C)cc(F)c1CCc1ccc(-c2cnc(C)nc2OC)c2nncn12.COc1cccc(F)c1CCc1ccc(-c2cnc(C)nc2OC)c2nncn12.COc1nccc(N)c1CCc1ccc(-c2cccnc2C)c2nncn12.COc1ncccc1CCc1ccc(-c2ccc(CN(C)C)cc2)c2nncn12. The Labute approximate surface area is 662 Å². The number of fused-ring (bicyclic) bond motifs is 4. The number of nitrogens with zero attached hydrogens (tertiary/aromatic N) is 20. The van der Waals surface area contributed by atoms with E-state index in [2.05, 4.69) is 154 Å². The fraction of sp³-hybridized carbons (Fsp3) is 0.244. The molecule has 0 aliphatic rings. The molecule has 115 heavy (non-hydrogen) atoms. The molecular weight excluding hydrogens is 1460 g/mol. The summed E-state index contributed by atoms with van der Waals surface area (Å²) in [6.45, 7) is 8.38. The number of nitrogen functional groups attached to an aromatic ring is 1. The van der Waals surface area contributed by atoms with Gasteiger partial charge in [0.2, 0.25) is 23.5 Å². The Morgan fingerprint density at radius 1 is 0.383 bits per heavy atom. The van der Waals surface area contributed by atoms with Crippen LogP contribution in [0.5, 0.6) is 35.0 Å². The molecule has 0 aliphatic heterocycles. The average molecular weight is 1550 g/mol. The second kappa shape index (κ2) is 36.6. The normalized spacial score (nSPS) is 11.1. The highest BCUT2D eigenvalue weighted by Gasteiger charge is 2.22. The van der Waals surface area contributed by atoms with Gasteiger partial charge in [-0.25, -0.2) is 28.7 Å². The predicted octanol–water partition coefficient (Wildman–Crippen LogP) is 13.7. The van der Waals surface area contributed by atoms with E-state index < -0.39 is 0 Å². The van der Waals surface area contributed by atoms with Crippen molar-refractivity contribution < 1.29 is 37.2 Å². The number of hydrogen-bond donors (Lipinski definition) is 1. The summed E-state index contributed by atoms with van der Waals surface area (Å²) in [5.41, 5.74) is 27.5. The highest BCUT2D eigenvalue weighted by molar-refractivity contribution is 5.82. The van der Waals surface area contributed by atoms with Crippen LogP contribution in [0.1, 0.15) is 73.5 Å². The summed E-state index contributed by atoms with van der Waals surface area (Å²) >= 11 is 0. The quantitative estimate of drug-likeness (QED) is 0.0588. The van der Waals surface area contributed by atoms with Gasteiger partial charge in [0.05, 0.1) is 53.8 Å². The summed E-state index contributed by atoms with van der Waals surface area (Å²) in [5.74, 6) is 4.02. The summed E-state index contributed by atoms with van der Waals surface area (Å²) in [7, 11) is 13.7. The molecule has 0 spiro atoms. The minimum Gasteiger partial charge on any atom is -0.496 e. The van der Waals surface area contributed by atoms with E-state index in [9.17, 15) is 8.78 Å². The maximum atomic E-state index is 14.5. The Kier molecular flexibility index (Phi) is 25.2. The van der Waals surface area contributed by atoms with Crippen molar-refractivity contribution in [2.24, 2.45) is 0 Å². The van der Waals surface area contributed by atoms with Gasteiger partial charge >= 0.3 is 0 Å². The van der Waals surface area contributed by atoms with Gasteiger partial charge in [0.1, 0.15) is 60.1 Å². The number of rotatable bonds is 24. The Balaban J connectivity index is 0.000000134. The first-order valence-corrected chi connectivity index (χ1v) is 37.1. The van der Waals surface area contributed by atoms with E-state index in [1.165, 1.54) is 17.7 Å². The number of hydrogen-bond acceptors (Lipinski definition) is 23. The van der Waals surface area contributed by atoms with Crippen LogP contribution in [-0.4, -0.2) is 155 Å². The molecule has 0 saturated carbocycles. The third-order valence-corrected chi connectivity index (χ3v) is 19.6. The Bertz CT molecular complexity index is 6070. The predicted molar refractivity (Wildman–Crippen MR) is 434 cm³/mol. The maximum Gasteiger partial charge on any atom is 0.224 e. The van der Waals surface area contributed by atoms with Crippen LogP contribution in [0, 0.1) is 39.3 Å². The number of ether oxygens (including phenoxy) is 6. The standard InChI is InChI=1S/C23H25N5O.C22H22FN5O2.C21H20FN5O2.C20H20N6O/c1-27(2)15-17-6-8-18(9-7-17)21-13-12-20(28-16-25-26-22(21)28)11-10-19-5-4-14-24-23(19)29-3;1-13-9-19(23)17(20(10-13)29-3)8-6-15-5-7-16(21-27-25-12-28(15)21)18-11-24-14(2)26-22(18)30-4;1-13-23-11-17(21(25-13)29-3)15-9-7-14(27-12-24-26-20(15)27)8-10-16-18(22)5-4-6-19(16)28-2;1-13-15(4-3-10-22-13)16-7-5-14(26-12-24-25-19(16)26)6-8-17-18(21)9-11-23-20(17)27-2/h4-9,12-14,16H,10-11,15H2,1-3H3;5,7,9-12H,6,8H2,1-4H3;4-7,9,11-12H,8,10H2,1-3H3;3-5,7,9-12H,6,8H2,1-2H3,(H2,21,23). The van der Waals surface area contributed by atoms with Gasteiger partial charge in [0.15, 0.2) is 22.6 Å².